The number of aromatic nitrogens is 1. The molecular weight excluding hydrogens is 406 g/mol. The van der Waals surface area contributed by atoms with Gasteiger partial charge in [-0.05, 0) is 80.7 Å². The number of benzene rings is 1. The van der Waals surface area contributed by atoms with E-state index in [1.165, 1.54) is 35.0 Å². The lowest BCUT2D eigenvalue weighted by Crippen LogP contribution is -2.54. The molecule has 1 aromatic carbocycles. The Kier molecular flexibility index (Phi) is 6.86. The number of carboxylic acid groups (broad SMARTS) is 1. The number of rotatable bonds is 2. The SMILES string of the molecule is CCN1CC(O)CC2(CCN(C(=O)c3ccc4[nH]c5c(c4c3)CCCC5)CC2)C1.O=CO. The molecule has 1 aliphatic carbocycles. The van der Waals surface area contributed by atoms with Crippen molar-refractivity contribution in [2.45, 2.75) is 58.0 Å². The Morgan fingerprint density at radius 2 is 1.97 bits per heavy atom. The molecule has 0 bridgehead atoms. The number of β-amino-alcohol motifs (C(OH)–C–C–N with tert-alkyl or cyclic N) is 1. The molecule has 7 nitrogen and oxygen atoms in total. The van der Waals surface area contributed by atoms with E-state index >= 15 is 0 Å². The summed E-state index contributed by atoms with van der Waals surface area (Å²) in [5.41, 5.74) is 4.96. The number of nitrogens with one attached hydrogen (secondary N) is 1. The van der Waals surface area contributed by atoms with Crippen LogP contribution in [0.5, 0.6) is 0 Å². The van der Waals surface area contributed by atoms with Gasteiger partial charge in [0.25, 0.3) is 12.4 Å². The number of amides is 1. The summed E-state index contributed by atoms with van der Waals surface area (Å²) in [4.78, 5) is 29.6. The highest BCUT2D eigenvalue weighted by Crippen LogP contribution is 2.40. The van der Waals surface area contributed by atoms with Crippen LogP contribution in [-0.4, -0.2) is 76.2 Å². The zero-order valence-electron chi connectivity index (χ0n) is 19.0. The number of aryl methyl sites for hydroxylation is 2. The van der Waals surface area contributed by atoms with Gasteiger partial charge in [-0.25, -0.2) is 0 Å². The van der Waals surface area contributed by atoms with E-state index in [0.29, 0.717) is 0 Å². The van der Waals surface area contributed by atoms with Crippen molar-refractivity contribution in [2.24, 2.45) is 5.41 Å². The molecule has 3 aliphatic rings. The van der Waals surface area contributed by atoms with E-state index < -0.39 is 0 Å². The van der Waals surface area contributed by atoms with Gasteiger partial charge in [0.15, 0.2) is 0 Å². The minimum atomic E-state index is -0.250. The molecule has 2 fully saturated rings. The minimum Gasteiger partial charge on any atom is -0.483 e. The zero-order valence-corrected chi connectivity index (χ0v) is 19.0. The van der Waals surface area contributed by atoms with Crippen molar-refractivity contribution in [2.75, 3.05) is 32.7 Å². The lowest BCUT2D eigenvalue weighted by molar-refractivity contribution is -0.122. The van der Waals surface area contributed by atoms with Crippen molar-refractivity contribution < 1.29 is 19.8 Å². The molecule has 1 unspecified atom stereocenters. The first kappa shape index (κ1) is 22.8. The summed E-state index contributed by atoms with van der Waals surface area (Å²) in [6.07, 6.45) is 7.39. The molecule has 3 heterocycles. The fourth-order valence-electron chi connectivity index (χ4n) is 5.97. The molecule has 7 heteroatoms. The van der Waals surface area contributed by atoms with Gasteiger partial charge in [0.05, 0.1) is 6.10 Å². The molecule has 2 aliphatic heterocycles. The average Bonchev–Trinajstić information content (AvgIpc) is 3.17. The molecule has 174 valence electrons. The van der Waals surface area contributed by atoms with E-state index in [2.05, 4.69) is 28.9 Å². The monoisotopic (exact) mass is 441 g/mol. The van der Waals surface area contributed by atoms with Gasteiger partial charge in [0.1, 0.15) is 0 Å². The number of carbonyl (C=O) groups excluding carboxylic acids is 1. The van der Waals surface area contributed by atoms with Crippen LogP contribution in [0.4, 0.5) is 0 Å². The Bertz CT molecular complexity index is 961. The van der Waals surface area contributed by atoms with Gasteiger partial charge in [-0.15, -0.1) is 0 Å². The molecule has 2 aromatic rings. The number of aromatic amines is 1. The first-order chi connectivity index (χ1) is 15.5. The number of carbonyl (C=O) groups is 2. The Morgan fingerprint density at radius 1 is 1.25 bits per heavy atom. The minimum absolute atomic E-state index is 0.163. The summed E-state index contributed by atoms with van der Waals surface area (Å²) >= 11 is 0. The van der Waals surface area contributed by atoms with E-state index in [4.69, 9.17) is 9.90 Å². The van der Waals surface area contributed by atoms with Crippen molar-refractivity contribution in [1.29, 1.82) is 0 Å². The maximum Gasteiger partial charge on any atom is 0.290 e. The molecule has 2 saturated heterocycles. The number of likely N-dealkylation sites (N-methyl/N-ethyl adjacent to an activating group) is 1. The maximum absolute atomic E-state index is 13.2. The van der Waals surface area contributed by atoms with Gasteiger partial charge in [-0.1, -0.05) is 6.92 Å². The van der Waals surface area contributed by atoms with Crippen molar-refractivity contribution in [3.63, 3.8) is 0 Å². The quantitative estimate of drug-likeness (QED) is 0.623. The summed E-state index contributed by atoms with van der Waals surface area (Å²) in [7, 11) is 0. The smallest absolute Gasteiger partial charge is 0.290 e. The molecule has 5 rings (SSSR count). The van der Waals surface area contributed by atoms with Gasteiger partial charge in [0.2, 0.25) is 0 Å². The lowest BCUT2D eigenvalue weighted by Gasteiger charge is -2.49. The van der Waals surface area contributed by atoms with Gasteiger partial charge in [0, 0.05) is 48.3 Å². The van der Waals surface area contributed by atoms with Crippen molar-refractivity contribution >= 4 is 23.3 Å². The summed E-state index contributed by atoms with van der Waals surface area (Å²) in [6.45, 7) is 6.35. The van der Waals surface area contributed by atoms with Crippen molar-refractivity contribution in [1.82, 2.24) is 14.8 Å². The topological polar surface area (TPSA) is 96.9 Å². The zero-order chi connectivity index (χ0) is 22.7. The fraction of sp³-hybridized carbons (Fsp3) is 0.600. The summed E-state index contributed by atoms with van der Waals surface area (Å²) in [5, 5.41) is 18.5. The number of piperidine rings is 2. The van der Waals surface area contributed by atoms with Crippen LogP contribution in [0.3, 0.4) is 0 Å². The van der Waals surface area contributed by atoms with Crippen LogP contribution in [0, 0.1) is 5.41 Å². The third kappa shape index (κ3) is 4.55. The number of fused-ring (bicyclic) bond motifs is 3. The molecule has 3 N–H and O–H groups in total. The Balaban J connectivity index is 0.000000775. The first-order valence-electron chi connectivity index (χ1n) is 11.9. The van der Waals surface area contributed by atoms with Crippen molar-refractivity contribution in [3.05, 3.63) is 35.0 Å². The standard InChI is InChI=1S/C24H33N3O2.CH2O2/c1-2-26-15-18(28)14-24(16-26)9-11-27(12-10-24)23(29)17-7-8-22-20(13-17)19-5-3-4-6-21(19)25-22;2-1-3/h7-8,13,18,25,28H,2-6,9-12,14-16H2,1H3;1H,(H,2,3). The summed E-state index contributed by atoms with van der Waals surface area (Å²) in [5.74, 6) is 0.163. The van der Waals surface area contributed by atoms with E-state index in [1.54, 1.807) is 0 Å². The number of hydrogen-bond acceptors (Lipinski definition) is 4. The molecule has 1 atom stereocenters. The fourth-order valence-corrected chi connectivity index (χ4v) is 5.97. The molecule has 1 amide bonds. The first-order valence-corrected chi connectivity index (χ1v) is 11.9. The molecule has 0 radical (unpaired) electrons. The molecule has 0 saturated carbocycles. The summed E-state index contributed by atoms with van der Waals surface area (Å²) < 4.78 is 0. The number of hydrogen-bond donors (Lipinski definition) is 3. The van der Waals surface area contributed by atoms with E-state index in [0.717, 1.165) is 70.4 Å². The third-order valence-electron chi connectivity index (χ3n) is 7.60. The highest BCUT2D eigenvalue weighted by atomic mass is 16.3. The van der Waals surface area contributed by atoms with E-state index in [1.807, 2.05) is 11.0 Å². The van der Waals surface area contributed by atoms with Gasteiger partial charge < -0.3 is 25.0 Å². The number of likely N-dealkylation sites (tertiary alicyclic amines) is 2. The summed E-state index contributed by atoms with van der Waals surface area (Å²) in [6, 6.07) is 6.19. The molecular formula is C25H35N3O4. The molecule has 1 spiro atoms. The highest BCUT2D eigenvalue weighted by Gasteiger charge is 2.41. The molecule has 1 aromatic heterocycles. The van der Waals surface area contributed by atoms with Crippen molar-refractivity contribution in [3.8, 4) is 0 Å². The Labute approximate surface area is 189 Å². The van der Waals surface area contributed by atoms with Crippen LogP contribution in [0.1, 0.15) is 60.6 Å². The van der Waals surface area contributed by atoms with Gasteiger partial charge >= 0.3 is 0 Å². The predicted molar refractivity (Wildman–Crippen MR) is 124 cm³/mol. The van der Waals surface area contributed by atoms with Crippen LogP contribution in [0.15, 0.2) is 18.2 Å². The lowest BCUT2D eigenvalue weighted by atomic mass is 9.71. The largest absolute Gasteiger partial charge is 0.483 e. The maximum atomic E-state index is 13.2. The van der Waals surface area contributed by atoms with Crippen LogP contribution < -0.4 is 0 Å². The van der Waals surface area contributed by atoms with Crippen LogP contribution in [-0.2, 0) is 17.6 Å². The van der Waals surface area contributed by atoms with Gasteiger partial charge in [-0.2, -0.15) is 0 Å². The average molecular weight is 442 g/mol. The van der Waals surface area contributed by atoms with E-state index in [-0.39, 0.29) is 23.9 Å². The second kappa shape index (κ2) is 9.63. The second-order valence-corrected chi connectivity index (χ2v) is 9.63. The normalized spacial score (nSPS) is 22.8. The Hall–Kier alpha value is -2.38. The highest BCUT2D eigenvalue weighted by molar-refractivity contribution is 5.99. The van der Waals surface area contributed by atoms with Crippen LogP contribution >= 0.6 is 0 Å². The third-order valence-corrected chi connectivity index (χ3v) is 7.60. The second-order valence-electron chi connectivity index (χ2n) is 9.63. The van der Waals surface area contributed by atoms with Gasteiger partial charge in [-0.3, -0.25) is 9.59 Å². The number of aliphatic hydroxyl groups excluding tert-OH is 1. The number of nitrogens with zero attached hydrogens (tertiary/aromatic N) is 2. The Morgan fingerprint density at radius 3 is 2.69 bits per heavy atom. The van der Waals surface area contributed by atoms with Crippen LogP contribution in [0.2, 0.25) is 0 Å². The number of aliphatic hydroxyl groups is 1. The molecule has 32 heavy (non-hydrogen) atoms. The predicted octanol–water partition coefficient (Wildman–Crippen LogP) is 3.06. The van der Waals surface area contributed by atoms with Crippen LogP contribution in [0.25, 0.3) is 10.9 Å². The number of H-pyrrole nitrogens is 1. The van der Waals surface area contributed by atoms with E-state index in [9.17, 15) is 9.90 Å².